The molecule has 4 N–H and O–H groups in total. The second-order valence-electron chi connectivity index (χ2n) is 7.49. The average molecular weight is 366 g/mol. The monoisotopic (exact) mass is 366 g/mol. The number of rotatable bonds is 3. The molecule has 5 rings (SSSR count). The molecule has 140 valence electrons. The molecule has 3 atom stereocenters. The van der Waals surface area contributed by atoms with Gasteiger partial charge in [-0.3, -0.25) is 10.4 Å². The van der Waals surface area contributed by atoms with Crippen molar-refractivity contribution in [3.63, 3.8) is 0 Å². The average Bonchev–Trinajstić information content (AvgIpc) is 3.37. The van der Waals surface area contributed by atoms with Crippen molar-refractivity contribution < 1.29 is 4.79 Å². The lowest BCUT2D eigenvalue weighted by atomic mass is 10.0. The number of fused-ring (bicyclic) bond motifs is 2. The zero-order valence-corrected chi connectivity index (χ0v) is 15.1. The number of hydrogen-bond donors (Lipinski definition) is 4. The van der Waals surface area contributed by atoms with E-state index < -0.39 is 0 Å². The van der Waals surface area contributed by atoms with Crippen LogP contribution in [0.4, 0.5) is 16.4 Å². The summed E-state index contributed by atoms with van der Waals surface area (Å²) in [4.78, 5) is 26.5. The number of urea groups is 1. The zero-order valence-electron chi connectivity index (χ0n) is 15.1. The van der Waals surface area contributed by atoms with Crippen LogP contribution in [0.1, 0.15) is 18.7 Å². The molecule has 1 saturated heterocycles. The maximum Gasteiger partial charge on any atom is 0.323 e. The normalized spacial score (nSPS) is 24.3. The molecule has 0 aromatic carbocycles. The van der Waals surface area contributed by atoms with Gasteiger partial charge in [0.15, 0.2) is 5.82 Å². The minimum Gasteiger partial charge on any atom is -0.367 e. The molecule has 0 unspecified atom stereocenters. The standard InChI is InChI=1S/C18H22N8O/c1-10-21-16-14(2-4-19-16)17(22-10)23-13-6-11-8-26(9-12(11)7-13)18(27)24-15-3-5-20-25-15/h2-5,11-13H,6-9H2,1H3,(H2,19,21,22,23)(H2,20,24,25,27)/t11-,12+,13-. The van der Waals surface area contributed by atoms with Gasteiger partial charge in [-0.15, -0.1) is 0 Å². The van der Waals surface area contributed by atoms with E-state index in [0.29, 0.717) is 23.7 Å². The first-order chi connectivity index (χ1) is 13.2. The molecule has 3 aromatic rings. The summed E-state index contributed by atoms with van der Waals surface area (Å²) in [6.07, 6.45) is 5.68. The highest BCUT2D eigenvalue weighted by Gasteiger charge is 2.42. The second kappa shape index (κ2) is 6.26. The van der Waals surface area contributed by atoms with Gasteiger partial charge in [0.2, 0.25) is 0 Å². The number of aryl methyl sites for hydroxylation is 1. The van der Waals surface area contributed by atoms with Crippen molar-refractivity contribution >= 4 is 28.7 Å². The quantitative estimate of drug-likeness (QED) is 0.568. The third-order valence-corrected chi connectivity index (χ3v) is 5.64. The van der Waals surface area contributed by atoms with Gasteiger partial charge in [0.05, 0.1) is 5.39 Å². The third kappa shape index (κ3) is 2.98. The third-order valence-electron chi connectivity index (χ3n) is 5.64. The maximum atomic E-state index is 12.4. The predicted molar refractivity (Wildman–Crippen MR) is 101 cm³/mol. The van der Waals surface area contributed by atoms with E-state index in [1.165, 1.54) is 0 Å². The Labute approximate surface area is 156 Å². The van der Waals surface area contributed by atoms with Crippen LogP contribution in [-0.2, 0) is 0 Å². The molecule has 9 heteroatoms. The second-order valence-corrected chi connectivity index (χ2v) is 7.49. The van der Waals surface area contributed by atoms with Crippen LogP contribution in [0, 0.1) is 18.8 Å². The van der Waals surface area contributed by atoms with Crippen LogP contribution < -0.4 is 10.6 Å². The lowest BCUT2D eigenvalue weighted by Crippen LogP contribution is -2.34. The zero-order chi connectivity index (χ0) is 18.4. The molecule has 1 saturated carbocycles. The smallest absolute Gasteiger partial charge is 0.323 e. The first-order valence-corrected chi connectivity index (χ1v) is 9.29. The SMILES string of the molecule is Cc1nc(N[C@@H]2C[C@@H]3CN(C(=O)Nc4cc[nH]n4)C[C@@H]3C2)c2cc[nH]c2n1. The highest BCUT2D eigenvalue weighted by Crippen LogP contribution is 2.39. The van der Waals surface area contributed by atoms with Crippen molar-refractivity contribution in [1.29, 1.82) is 0 Å². The number of aromatic nitrogens is 5. The molecule has 0 radical (unpaired) electrons. The van der Waals surface area contributed by atoms with Crippen LogP contribution in [0.25, 0.3) is 11.0 Å². The van der Waals surface area contributed by atoms with E-state index in [2.05, 4.69) is 35.8 Å². The number of likely N-dealkylation sites (tertiary alicyclic amines) is 1. The van der Waals surface area contributed by atoms with Crippen LogP contribution >= 0.6 is 0 Å². The molecule has 2 aliphatic rings. The Hall–Kier alpha value is -3.10. The number of nitrogens with zero attached hydrogens (tertiary/aromatic N) is 4. The van der Waals surface area contributed by atoms with Gasteiger partial charge in [0.25, 0.3) is 0 Å². The van der Waals surface area contributed by atoms with E-state index in [4.69, 9.17) is 0 Å². The highest BCUT2D eigenvalue weighted by atomic mass is 16.2. The summed E-state index contributed by atoms with van der Waals surface area (Å²) in [5, 5.41) is 14.2. The molecule has 0 bridgehead atoms. The number of amides is 2. The number of aromatic amines is 2. The number of carbonyl (C=O) groups excluding carboxylic acids is 1. The van der Waals surface area contributed by atoms with Crippen molar-refractivity contribution in [3.05, 3.63) is 30.4 Å². The summed E-state index contributed by atoms with van der Waals surface area (Å²) in [5.74, 6) is 3.27. The summed E-state index contributed by atoms with van der Waals surface area (Å²) in [5.41, 5.74) is 0.865. The number of H-pyrrole nitrogens is 2. The van der Waals surface area contributed by atoms with Crippen molar-refractivity contribution in [2.45, 2.75) is 25.8 Å². The van der Waals surface area contributed by atoms with Crippen LogP contribution in [0.15, 0.2) is 24.5 Å². The molecule has 27 heavy (non-hydrogen) atoms. The molecular formula is C18H22N8O. The van der Waals surface area contributed by atoms with Gasteiger partial charge in [-0.1, -0.05) is 0 Å². The predicted octanol–water partition coefficient (Wildman–Crippen LogP) is 2.34. The Kier molecular flexibility index (Phi) is 3.73. The first-order valence-electron chi connectivity index (χ1n) is 9.29. The van der Waals surface area contributed by atoms with Gasteiger partial charge in [-0.25, -0.2) is 14.8 Å². The maximum absolute atomic E-state index is 12.4. The van der Waals surface area contributed by atoms with Crippen LogP contribution in [0.3, 0.4) is 0 Å². The van der Waals surface area contributed by atoms with Crippen molar-refractivity contribution in [1.82, 2.24) is 30.0 Å². The molecule has 2 fully saturated rings. The molecule has 4 heterocycles. The summed E-state index contributed by atoms with van der Waals surface area (Å²) in [7, 11) is 0. The van der Waals surface area contributed by atoms with E-state index in [1.807, 2.05) is 24.1 Å². The Morgan fingerprint density at radius 3 is 2.74 bits per heavy atom. The summed E-state index contributed by atoms with van der Waals surface area (Å²) < 4.78 is 0. The molecule has 1 aliphatic heterocycles. The molecule has 2 amide bonds. The molecule has 0 spiro atoms. The fraction of sp³-hybridized carbons (Fsp3) is 0.444. The Morgan fingerprint density at radius 1 is 1.19 bits per heavy atom. The highest BCUT2D eigenvalue weighted by molar-refractivity contribution is 5.88. The van der Waals surface area contributed by atoms with Gasteiger partial charge < -0.3 is 15.2 Å². The fourth-order valence-electron chi connectivity index (χ4n) is 4.46. The van der Waals surface area contributed by atoms with Crippen LogP contribution in [-0.4, -0.2) is 55.2 Å². The van der Waals surface area contributed by atoms with Gasteiger partial charge in [0, 0.05) is 37.6 Å². The fourth-order valence-corrected chi connectivity index (χ4v) is 4.46. The van der Waals surface area contributed by atoms with E-state index in [1.54, 1.807) is 12.3 Å². The summed E-state index contributed by atoms with van der Waals surface area (Å²) >= 11 is 0. The van der Waals surface area contributed by atoms with Crippen LogP contribution in [0.2, 0.25) is 0 Å². The molecule has 9 nitrogen and oxygen atoms in total. The molecular weight excluding hydrogens is 344 g/mol. The van der Waals surface area contributed by atoms with E-state index in [-0.39, 0.29) is 6.03 Å². The van der Waals surface area contributed by atoms with Gasteiger partial charge in [-0.05, 0) is 37.7 Å². The Bertz CT molecular complexity index is 951. The summed E-state index contributed by atoms with van der Waals surface area (Å²) in [6.45, 7) is 3.49. The first kappa shape index (κ1) is 16.1. The lowest BCUT2D eigenvalue weighted by Gasteiger charge is -2.20. The van der Waals surface area contributed by atoms with E-state index in [9.17, 15) is 4.79 Å². The minimum atomic E-state index is -0.0681. The van der Waals surface area contributed by atoms with Crippen molar-refractivity contribution in [2.75, 3.05) is 23.7 Å². The lowest BCUT2D eigenvalue weighted by molar-refractivity contribution is 0.218. The Morgan fingerprint density at radius 2 is 2.00 bits per heavy atom. The van der Waals surface area contributed by atoms with E-state index in [0.717, 1.165) is 48.6 Å². The topological polar surface area (TPSA) is 115 Å². The number of anilines is 2. The summed E-state index contributed by atoms with van der Waals surface area (Å²) in [6, 6.07) is 4.07. The van der Waals surface area contributed by atoms with Gasteiger partial charge >= 0.3 is 6.03 Å². The van der Waals surface area contributed by atoms with Crippen LogP contribution in [0.5, 0.6) is 0 Å². The molecule has 1 aliphatic carbocycles. The molecule has 3 aromatic heterocycles. The number of nitrogens with one attached hydrogen (secondary N) is 4. The van der Waals surface area contributed by atoms with Crippen molar-refractivity contribution in [2.24, 2.45) is 11.8 Å². The minimum absolute atomic E-state index is 0.0681. The van der Waals surface area contributed by atoms with E-state index >= 15 is 0 Å². The van der Waals surface area contributed by atoms with Gasteiger partial charge in [0.1, 0.15) is 17.3 Å². The van der Waals surface area contributed by atoms with Crippen molar-refractivity contribution in [3.8, 4) is 0 Å². The number of carbonyl (C=O) groups is 1. The van der Waals surface area contributed by atoms with Gasteiger partial charge in [-0.2, -0.15) is 5.10 Å². The largest absolute Gasteiger partial charge is 0.367 e. The Balaban J connectivity index is 1.22. The number of hydrogen-bond acceptors (Lipinski definition) is 5.